The van der Waals surface area contributed by atoms with Crippen LogP contribution in [0.5, 0.6) is 0 Å². The van der Waals surface area contributed by atoms with Crippen molar-refractivity contribution in [3.8, 4) is 0 Å². The molecule has 0 radical (unpaired) electrons. The molecule has 27 heavy (non-hydrogen) atoms. The number of ketones is 1. The maximum Gasteiger partial charge on any atom is 0.302 e. The number of esters is 1. The summed E-state index contributed by atoms with van der Waals surface area (Å²) in [6, 6.07) is 0. The largest absolute Gasteiger partial charge is 0.465 e. The summed E-state index contributed by atoms with van der Waals surface area (Å²) in [7, 11) is 0. The molecule has 0 bridgehead atoms. The van der Waals surface area contributed by atoms with Gasteiger partial charge in [-0.2, -0.15) is 0 Å². The Morgan fingerprint density at radius 2 is 1.96 bits per heavy atom. The van der Waals surface area contributed by atoms with Gasteiger partial charge in [-0.05, 0) is 80.1 Å². The number of aliphatic hydroxyl groups is 1. The van der Waals surface area contributed by atoms with Crippen molar-refractivity contribution in [3.63, 3.8) is 0 Å². The van der Waals surface area contributed by atoms with Crippen LogP contribution in [0.2, 0.25) is 0 Å². The molecule has 150 valence electrons. The normalized spacial score (nSPS) is 46.6. The Kier molecular flexibility index (Phi) is 4.57. The first-order valence-electron chi connectivity index (χ1n) is 10.8. The number of carbonyl (C=O) groups excluding carboxylic acids is 2. The zero-order valence-corrected chi connectivity index (χ0v) is 17.2. The van der Waals surface area contributed by atoms with Gasteiger partial charge in [0.1, 0.15) is 6.61 Å². The van der Waals surface area contributed by atoms with Gasteiger partial charge >= 0.3 is 5.97 Å². The Labute approximate surface area is 162 Å². The standard InChI is InChI=1S/C23H34O4/c1-13-11-20(25)14(2)17-6-5-16-18-7-8-21(26)22(18,4)10-9-19(16)23(13,17)12-27-15(3)24/h13,16,18-19,21,26H,5-12H2,1-4H3/t13?,16-,18-,19+,21?,22-,23-/m0/s1. The van der Waals surface area contributed by atoms with Crippen molar-refractivity contribution in [2.45, 2.75) is 78.7 Å². The van der Waals surface area contributed by atoms with Crippen LogP contribution in [0.3, 0.4) is 0 Å². The van der Waals surface area contributed by atoms with Gasteiger partial charge in [0.2, 0.25) is 0 Å². The van der Waals surface area contributed by atoms with E-state index in [4.69, 9.17) is 4.74 Å². The minimum atomic E-state index is -0.232. The molecular formula is C23H34O4. The number of fused-ring (bicyclic) bond motifs is 5. The van der Waals surface area contributed by atoms with Crippen molar-refractivity contribution < 1.29 is 19.4 Å². The van der Waals surface area contributed by atoms with Crippen LogP contribution in [0.15, 0.2) is 11.1 Å². The Hall–Kier alpha value is -1.16. The second-order valence-electron chi connectivity index (χ2n) is 10.0. The molecule has 0 aromatic rings. The van der Waals surface area contributed by atoms with Crippen molar-refractivity contribution in [1.29, 1.82) is 0 Å². The number of aliphatic hydroxyl groups excluding tert-OH is 1. The maximum absolute atomic E-state index is 12.6. The predicted octanol–water partition coefficient (Wildman–Crippen LogP) is 4.06. The third kappa shape index (κ3) is 2.58. The number of hydrogen-bond donors (Lipinski definition) is 1. The average Bonchev–Trinajstić information content (AvgIpc) is 2.93. The fraction of sp³-hybridized carbons (Fsp3) is 0.826. The van der Waals surface area contributed by atoms with Gasteiger partial charge in [-0.1, -0.05) is 19.4 Å². The van der Waals surface area contributed by atoms with Crippen LogP contribution in [0.1, 0.15) is 72.6 Å². The van der Waals surface area contributed by atoms with Gasteiger partial charge in [0.25, 0.3) is 0 Å². The van der Waals surface area contributed by atoms with Crippen LogP contribution in [-0.2, 0) is 14.3 Å². The monoisotopic (exact) mass is 374 g/mol. The topological polar surface area (TPSA) is 63.6 Å². The first-order valence-corrected chi connectivity index (χ1v) is 10.8. The van der Waals surface area contributed by atoms with Gasteiger partial charge in [-0.3, -0.25) is 9.59 Å². The molecular weight excluding hydrogens is 340 g/mol. The fourth-order valence-corrected chi connectivity index (χ4v) is 7.61. The Morgan fingerprint density at radius 3 is 2.67 bits per heavy atom. The molecule has 4 nitrogen and oxygen atoms in total. The summed E-state index contributed by atoms with van der Waals surface area (Å²) in [6.07, 6.45) is 6.53. The molecule has 4 heteroatoms. The highest BCUT2D eigenvalue weighted by Gasteiger charge is 2.62. The Bertz CT molecular complexity index is 694. The van der Waals surface area contributed by atoms with Crippen LogP contribution in [-0.4, -0.2) is 29.6 Å². The summed E-state index contributed by atoms with van der Waals surface area (Å²) in [4.78, 5) is 24.3. The van der Waals surface area contributed by atoms with Crippen molar-refractivity contribution in [2.75, 3.05) is 6.61 Å². The Morgan fingerprint density at radius 1 is 1.22 bits per heavy atom. The lowest BCUT2D eigenvalue weighted by Gasteiger charge is -2.60. The molecule has 0 saturated heterocycles. The molecule has 2 unspecified atom stereocenters. The van der Waals surface area contributed by atoms with Gasteiger partial charge in [0.05, 0.1) is 6.10 Å². The van der Waals surface area contributed by atoms with E-state index in [2.05, 4.69) is 13.8 Å². The first kappa shape index (κ1) is 19.2. The molecule has 4 aliphatic carbocycles. The van der Waals surface area contributed by atoms with Gasteiger partial charge < -0.3 is 9.84 Å². The molecule has 1 N–H and O–H groups in total. The van der Waals surface area contributed by atoms with E-state index in [0.29, 0.717) is 30.8 Å². The zero-order valence-electron chi connectivity index (χ0n) is 17.2. The van der Waals surface area contributed by atoms with Crippen molar-refractivity contribution in [3.05, 3.63) is 11.1 Å². The van der Waals surface area contributed by atoms with E-state index in [1.165, 1.54) is 12.5 Å². The highest BCUT2D eigenvalue weighted by Crippen LogP contribution is 2.67. The molecule has 0 spiro atoms. The molecule has 4 aliphatic rings. The highest BCUT2D eigenvalue weighted by atomic mass is 16.5. The number of hydrogen-bond acceptors (Lipinski definition) is 4. The van der Waals surface area contributed by atoms with Crippen molar-refractivity contribution in [2.24, 2.45) is 34.5 Å². The number of rotatable bonds is 2. The molecule has 7 atom stereocenters. The highest BCUT2D eigenvalue weighted by molar-refractivity contribution is 5.97. The summed E-state index contributed by atoms with van der Waals surface area (Å²) in [5.41, 5.74) is 2.05. The second kappa shape index (κ2) is 6.43. The van der Waals surface area contributed by atoms with E-state index in [1.807, 2.05) is 6.92 Å². The number of ether oxygens (including phenoxy) is 1. The summed E-state index contributed by atoms with van der Waals surface area (Å²) in [5.74, 6) is 1.79. The molecule has 0 heterocycles. The zero-order chi connectivity index (χ0) is 19.6. The third-order valence-corrected chi connectivity index (χ3v) is 9.09. The van der Waals surface area contributed by atoms with Gasteiger partial charge in [-0.15, -0.1) is 0 Å². The predicted molar refractivity (Wildman–Crippen MR) is 103 cm³/mol. The second-order valence-corrected chi connectivity index (χ2v) is 10.0. The van der Waals surface area contributed by atoms with E-state index in [-0.39, 0.29) is 34.6 Å². The summed E-state index contributed by atoms with van der Waals surface area (Å²) in [6.45, 7) is 8.36. The molecule has 4 rings (SSSR count). The summed E-state index contributed by atoms with van der Waals surface area (Å²) < 4.78 is 5.67. The molecule has 3 saturated carbocycles. The van der Waals surface area contributed by atoms with Gasteiger partial charge in [0, 0.05) is 18.8 Å². The average molecular weight is 375 g/mol. The van der Waals surface area contributed by atoms with E-state index in [1.54, 1.807) is 0 Å². The van der Waals surface area contributed by atoms with Crippen molar-refractivity contribution >= 4 is 11.8 Å². The number of Topliss-reactive ketones (excluding diaryl/α,β-unsaturated/α-hetero) is 1. The molecule has 0 aromatic heterocycles. The van der Waals surface area contributed by atoms with E-state index in [9.17, 15) is 14.7 Å². The Balaban J connectivity index is 1.78. The lowest BCUT2D eigenvalue weighted by atomic mass is 9.44. The van der Waals surface area contributed by atoms with Gasteiger partial charge in [-0.25, -0.2) is 0 Å². The lowest BCUT2D eigenvalue weighted by molar-refractivity contribution is -0.154. The maximum atomic E-state index is 12.6. The number of carbonyl (C=O) groups is 2. The quantitative estimate of drug-likeness (QED) is 0.741. The van der Waals surface area contributed by atoms with Crippen LogP contribution < -0.4 is 0 Å². The third-order valence-electron chi connectivity index (χ3n) is 9.09. The minimum Gasteiger partial charge on any atom is -0.465 e. The molecule has 0 aromatic carbocycles. The SMILES string of the molecule is CC(=O)OC[C@@]12C(=C(C)C(=O)CC1C)CC[C@@H]1[C@H]2CC[C@]2(C)C(O)CC[C@@H]12. The van der Waals surface area contributed by atoms with E-state index < -0.39 is 0 Å². The fourth-order valence-electron chi connectivity index (χ4n) is 7.61. The van der Waals surface area contributed by atoms with Crippen molar-refractivity contribution in [1.82, 2.24) is 0 Å². The summed E-state index contributed by atoms with van der Waals surface area (Å²) in [5, 5.41) is 10.7. The van der Waals surface area contributed by atoms with Crippen LogP contribution in [0, 0.1) is 34.5 Å². The van der Waals surface area contributed by atoms with E-state index in [0.717, 1.165) is 44.1 Å². The summed E-state index contributed by atoms with van der Waals surface area (Å²) >= 11 is 0. The molecule has 0 aliphatic heterocycles. The molecule has 0 amide bonds. The lowest BCUT2D eigenvalue weighted by Crippen LogP contribution is -2.57. The van der Waals surface area contributed by atoms with E-state index >= 15 is 0 Å². The minimum absolute atomic E-state index is 0.0355. The van der Waals surface area contributed by atoms with Gasteiger partial charge in [0.15, 0.2) is 5.78 Å². The van der Waals surface area contributed by atoms with Crippen LogP contribution >= 0.6 is 0 Å². The smallest absolute Gasteiger partial charge is 0.302 e. The molecule has 3 fully saturated rings. The van der Waals surface area contributed by atoms with Crippen LogP contribution in [0.4, 0.5) is 0 Å². The first-order chi connectivity index (χ1) is 12.7. The van der Waals surface area contributed by atoms with Crippen LogP contribution in [0.25, 0.3) is 0 Å².